The van der Waals surface area contributed by atoms with Crippen molar-refractivity contribution in [3.63, 3.8) is 0 Å². The van der Waals surface area contributed by atoms with Gasteiger partial charge in [-0.3, -0.25) is 0 Å². The van der Waals surface area contributed by atoms with E-state index in [1.165, 1.54) is 0 Å². The predicted octanol–water partition coefficient (Wildman–Crippen LogP) is 5.77. The van der Waals surface area contributed by atoms with Gasteiger partial charge in [-0.05, 0) is 42.4 Å². The van der Waals surface area contributed by atoms with Crippen molar-refractivity contribution in [1.82, 2.24) is 0 Å². The highest BCUT2D eigenvalue weighted by molar-refractivity contribution is 5.50. The van der Waals surface area contributed by atoms with Crippen molar-refractivity contribution < 1.29 is 10.2 Å². The SMILES string of the molecule is CCCCC(CC)C(O)c1ccc(N)c(C(O)C(CC)CCCC)c1. The third kappa shape index (κ3) is 6.31. The first-order chi connectivity index (χ1) is 12.0. The van der Waals surface area contributed by atoms with Crippen LogP contribution in [0, 0.1) is 11.8 Å². The van der Waals surface area contributed by atoms with E-state index < -0.39 is 12.2 Å². The molecule has 1 rings (SSSR count). The van der Waals surface area contributed by atoms with Crippen LogP contribution in [0.1, 0.15) is 102 Å². The quantitative estimate of drug-likeness (QED) is 0.420. The largest absolute Gasteiger partial charge is 0.398 e. The van der Waals surface area contributed by atoms with Crippen LogP contribution in [-0.4, -0.2) is 10.2 Å². The second-order valence-corrected chi connectivity index (χ2v) is 7.40. The number of unbranched alkanes of at least 4 members (excludes halogenated alkanes) is 2. The predicted molar refractivity (Wildman–Crippen MR) is 107 cm³/mol. The summed E-state index contributed by atoms with van der Waals surface area (Å²) in [4.78, 5) is 0. The molecule has 3 nitrogen and oxygen atoms in total. The highest BCUT2D eigenvalue weighted by Gasteiger charge is 2.24. The summed E-state index contributed by atoms with van der Waals surface area (Å²) >= 11 is 0. The zero-order valence-corrected chi connectivity index (χ0v) is 16.7. The Kier molecular flexibility index (Phi) is 10.1. The molecule has 0 aliphatic rings. The van der Waals surface area contributed by atoms with Crippen LogP contribution in [0.3, 0.4) is 0 Å². The summed E-state index contributed by atoms with van der Waals surface area (Å²) in [5.74, 6) is 0.479. The number of aliphatic hydroxyl groups is 2. The highest BCUT2D eigenvalue weighted by atomic mass is 16.3. The van der Waals surface area contributed by atoms with Gasteiger partial charge in [-0.1, -0.05) is 72.3 Å². The molecule has 0 spiro atoms. The maximum atomic E-state index is 10.9. The van der Waals surface area contributed by atoms with Gasteiger partial charge >= 0.3 is 0 Å². The Hall–Kier alpha value is -1.06. The van der Waals surface area contributed by atoms with E-state index in [9.17, 15) is 10.2 Å². The number of hydrogen-bond donors (Lipinski definition) is 3. The Morgan fingerprint density at radius 1 is 0.840 bits per heavy atom. The van der Waals surface area contributed by atoms with Crippen LogP contribution in [0.5, 0.6) is 0 Å². The van der Waals surface area contributed by atoms with Crippen molar-refractivity contribution in [2.45, 2.75) is 91.3 Å². The Bertz CT molecular complexity index is 489. The van der Waals surface area contributed by atoms with Crippen LogP contribution in [0.2, 0.25) is 0 Å². The number of anilines is 1. The minimum Gasteiger partial charge on any atom is -0.398 e. The molecule has 0 heterocycles. The second kappa shape index (κ2) is 11.5. The average Bonchev–Trinajstić information content (AvgIpc) is 2.63. The van der Waals surface area contributed by atoms with Crippen molar-refractivity contribution in [1.29, 1.82) is 0 Å². The van der Waals surface area contributed by atoms with Gasteiger partial charge in [0.2, 0.25) is 0 Å². The molecule has 0 saturated carbocycles. The van der Waals surface area contributed by atoms with E-state index in [-0.39, 0.29) is 11.8 Å². The van der Waals surface area contributed by atoms with E-state index in [0.29, 0.717) is 5.69 Å². The van der Waals surface area contributed by atoms with Crippen LogP contribution in [0.25, 0.3) is 0 Å². The molecule has 0 aromatic heterocycles. The lowest BCUT2D eigenvalue weighted by Gasteiger charge is -2.26. The van der Waals surface area contributed by atoms with Crippen molar-refractivity contribution in [2.24, 2.45) is 11.8 Å². The highest BCUT2D eigenvalue weighted by Crippen LogP contribution is 2.36. The molecule has 0 radical (unpaired) electrons. The summed E-state index contributed by atoms with van der Waals surface area (Å²) in [6.07, 6.45) is 7.41. The van der Waals surface area contributed by atoms with Crippen LogP contribution >= 0.6 is 0 Å². The van der Waals surface area contributed by atoms with Gasteiger partial charge in [0.25, 0.3) is 0 Å². The van der Waals surface area contributed by atoms with Crippen LogP contribution in [0.15, 0.2) is 18.2 Å². The standard InChI is InChI=1S/C22H39NO2/c1-5-9-11-16(7-3)21(24)18-13-14-20(23)19(15-18)22(25)17(8-4)12-10-6-2/h13-17,21-22,24-25H,5-12,23H2,1-4H3. The summed E-state index contributed by atoms with van der Waals surface area (Å²) in [6.45, 7) is 8.61. The molecule has 4 unspecified atom stereocenters. The summed E-state index contributed by atoms with van der Waals surface area (Å²) in [6, 6.07) is 5.70. The van der Waals surface area contributed by atoms with Crippen molar-refractivity contribution in [3.05, 3.63) is 29.3 Å². The van der Waals surface area contributed by atoms with E-state index in [1.54, 1.807) is 0 Å². The Morgan fingerprint density at radius 3 is 1.84 bits per heavy atom. The lowest BCUT2D eigenvalue weighted by Crippen LogP contribution is -2.16. The van der Waals surface area contributed by atoms with E-state index in [0.717, 1.165) is 62.5 Å². The number of nitrogens with two attached hydrogens (primary N) is 1. The molecule has 0 saturated heterocycles. The van der Waals surface area contributed by atoms with Gasteiger partial charge in [-0.2, -0.15) is 0 Å². The summed E-state index contributed by atoms with van der Waals surface area (Å²) in [5, 5.41) is 21.7. The Morgan fingerprint density at radius 2 is 1.36 bits per heavy atom. The average molecular weight is 350 g/mol. The fourth-order valence-corrected chi connectivity index (χ4v) is 3.66. The van der Waals surface area contributed by atoms with E-state index in [4.69, 9.17) is 5.73 Å². The molecule has 3 heteroatoms. The van der Waals surface area contributed by atoms with Crippen LogP contribution in [-0.2, 0) is 0 Å². The topological polar surface area (TPSA) is 66.5 Å². The van der Waals surface area contributed by atoms with E-state index >= 15 is 0 Å². The van der Waals surface area contributed by atoms with Gasteiger partial charge in [0.05, 0.1) is 12.2 Å². The fraction of sp³-hybridized carbons (Fsp3) is 0.727. The minimum absolute atomic E-state index is 0.219. The van der Waals surface area contributed by atoms with Crippen molar-refractivity contribution in [3.8, 4) is 0 Å². The molecule has 0 aliphatic carbocycles. The zero-order chi connectivity index (χ0) is 18.8. The minimum atomic E-state index is -0.556. The molecule has 1 aromatic carbocycles. The molecular weight excluding hydrogens is 310 g/mol. The first-order valence-corrected chi connectivity index (χ1v) is 10.2. The molecular formula is C22H39NO2. The Labute approximate surface area is 154 Å². The summed E-state index contributed by atoms with van der Waals surface area (Å²) < 4.78 is 0. The third-order valence-electron chi connectivity index (χ3n) is 5.57. The fourth-order valence-electron chi connectivity index (χ4n) is 3.66. The first-order valence-electron chi connectivity index (χ1n) is 10.2. The van der Waals surface area contributed by atoms with Gasteiger partial charge in [0, 0.05) is 11.3 Å². The third-order valence-corrected chi connectivity index (χ3v) is 5.57. The van der Waals surface area contributed by atoms with Crippen molar-refractivity contribution in [2.75, 3.05) is 5.73 Å². The summed E-state index contributed by atoms with van der Waals surface area (Å²) in [7, 11) is 0. The molecule has 1 aromatic rings. The molecule has 0 fully saturated rings. The maximum Gasteiger partial charge on any atom is 0.0838 e. The number of nitrogen functional groups attached to an aromatic ring is 1. The Balaban J connectivity index is 3.00. The molecule has 4 atom stereocenters. The molecule has 25 heavy (non-hydrogen) atoms. The van der Waals surface area contributed by atoms with Gasteiger partial charge in [-0.15, -0.1) is 0 Å². The number of benzene rings is 1. The van der Waals surface area contributed by atoms with Gasteiger partial charge < -0.3 is 15.9 Å². The number of hydrogen-bond acceptors (Lipinski definition) is 3. The lowest BCUT2D eigenvalue weighted by molar-refractivity contribution is 0.0934. The molecule has 0 aliphatic heterocycles. The summed E-state index contributed by atoms with van der Waals surface area (Å²) in [5.41, 5.74) is 8.45. The van der Waals surface area contributed by atoms with E-state index in [1.807, 2.05) is 18.2 Å². The molecule has 4 N–H and O–H groups in total. The maximum absolute atomic E-state index is 10.9. The monoisotopic (exact) mass is 349 g/mol. The molecule has 144 valence electrons. The van der Waals surface area contributed by atoms with Crippen LogP contribution in [0.4, 0.5) is 5.69 Å². The second-order valence-electron chi connectivity index (χ2n) is 7.40. The lowest BCUT2D eigenvalue weighted by atomic mass is 9.85. The van der Waals surface area contributed by atoms with Gasteiger partial charge in [-0.25, -0.2) is 0 Å². The molecule has 0 bridgehead atoms. The van der Waals surface area contributed by atoms with Crippen LogP contribution < -0.4 is 5.73 Å². The van der Waals surface area contributed by atoms with Gasteiger partial charge in [0.1, 0.15) is 0 Å². The molecule has 0 amide bonds. The number of rotatable bonds is 12. The number of aliphatic hydroxyl groups excluding tert-OH is 2. The zero-order valence-electron chi connectivity index (χ0n) is 16.7. The normalized spacial score (nSPS) is 16.4. The van der Waals surface area contributed by atoms with Crippen molar-refractivity contribution >= 4 is 5.69 Å². The van der Waals surface area contributed by atoms with E-state index in [2.05, 4.69) is 27.7 Å². The smallest absolute Gasteiger partial charge is 0.0838 e. The first kappa shape index (κ1) is 22.0. The van der Waals surface area contributed by atoms with Gasteiger partial charge in [0.15, 0.2) is 0 Å².